The predicted molar refractivity (Wildman–Crippen MR) is 115 cm³/mol. The zero-order valence-electron chi connectivity index (χ0n) is 16.7. The van der Waals surface area contributed by atoms with Crippen LogP contribution in [0.1, 0.15) is 31.9 Å². The number of hydrogen-bond acceptors (Lipinski definition) is 3. The van der Waals surface area contributed by atoms with Gasteiger partial charge in [-0.3, -0.25) is 0 Å². The molecule has 0 saturated carbocycles. The van der Waals surface area contributed by atoms with Crippen LogP contribution in [0.15, 0.2) is 54.6 Å². The molecule has 2 heterocycles. The molecule has 0 radical (unpaired) electrons. The van der Waals surface area contributed by atoms with Crippen molar-refractivity contribution in [3.05, 3.63) is 65.7 Å². The molecule has 0 amide bonds. The van der Waals surface area contributed by atoms with Gasteiger partial charge in [-0.05, 0) is 36.2 Å². The second-order valence-corrected chi connectivity index (χ2v) is 8.02. The molecule has 0 bridgehead atoms. The number of anilines is 2. The Morgan fingerprint density at radius 2 is 1.74 bits per heavy atom. The molecule has 1 atom stereocenters. The van der Waals surface area contributed by atoms with Crippen LogP contribution in [0.25, 0.3) is 6.08 Å². The van der Waals surface area contributed by atoms with Gasteiger partial charge in [-0.2, -0.15) is 0 Å². The Kier molecular flexibility index (Phi) is 4.96. The van der Waals surface area contributed by atoms with Gasteiger partial charge in [0.15, 0.2) is 0 Å². The second kappa shape index (κ2) is 7.40. The van der Waals surface area contributed by atoms with Gasteiger partial charge >= 0.3 is 0 Å². The first-order chi connectivity index (χ1) is 13.1. The molecule has 2 aliphatic heterocycles. The first-order valence-electron chi connectivity index (χ1n) is 10.1. The lowest BCUT2D eigenvalue weighted by Crippen LogP contribution is -2.39. The Balaban J connectivity index is 1.54. The third-order valence-corrected chi connectivity index (χ3v) is 6.06. The van der Waals surface area contributed by atoms with Crippen LogP contribution in [0, 0.1) is 0 Å². The van der Waals surface area contributed by atoms with Gasteiger partial charge in [-0.25, -0.2) is 0 Å². The highest BCUT2D eigenvalue weighted by Crippen LogP contribution is 2.45. The maximum atomic E-state index is 5.45. The largest absolute Gasteiger partial charge is 0.378 e. The van der Waals surface area contributed by atoms with Gasteiger partial charge in [0, 0.05) is 36.4 Å². The molecule has 3 nitrogen and oxygen atoms in total. The summed E-state index contributed by atoms with van der Waals surface area (Å²) in [5.74, 6) is 0. The number of para-hydroxylation sites is 1. The molecule has 0 aliphatic carbocycles. The van der Waals surface area contributed by atoms with Crippen LogP contribution in [-0.2, 0) is 10.2 Å². The average Bonchev–Trinajstić information content (AvgIpc) is 2.94. The summed E-state index contributed by atoms with van der Waals surface area (Å²) in [6, 6.07) is 18.1. The van der Waals surface area contributed by atoms with Gasteiger partial charge < -0.3 is 14.5 Å². The van der Waals surface area contributed by atoms with Crippen molar-refractivity contribution in [3.8, 4) is 0 Å². The molecular formula is C24H30N2O. The van der Waals surface area contributed by atoms with Crippen molar-refractivity contribution in [3.63, 3.8) is 0 Å². The molecule has 27 heavy (non-hydrogen) atoms. The van der Waals surface area contributed by atoms with Crippen molar-refractivity contribution in [2.24, 2.45) is 0 Å². The fourth-order valence-corrected chi connectivity index (χ4v) is 4.50. The third kappa shape index (κ3) is 3.37. The lowest BCUT2D eigenvalue weighted by Gasteiger charge is -2.31. The minimum Gasteiger partial charge on any atom is -0.378 e. The van der Waals surface area contributed by atoms with Gasteiger partial charge in [0.05, 0.1) is 19.3 Å². The predicted octanol–water partition coefficient (Wildman–Crippen LogP) is 4.72. The minimum absolute atomic E-state index is 0.108. The number of rotatable bonds is 4. The van der Waals surface area contributed by atoms with Crippen molar-refractivity contribution >= 4 is 17.5 Å². The number of likely N-dealkylation sites (N-methyl/N-ethyl adjacent to an activating group) is 1. The van der Waals surface area contributed by atoms with E-state index < -0.39 is 0 Å². The Hall–Kier alpha value is -2.26. The number of nitrogens with zero attached hydrogens (tertiary/aromatic N) is 2. The van der Waals surface area contributed by atoms with E-state index in [2.05, 4.69) is 91.3 Å². The molecule has 3 heteroatoms. The Bertz CT molecular complexity index is 803. The summed E-state index contributed by atoms with van der Waals surface area (Å²) < 4.78 is 5.45. The topological polar surface area (TPSA) is 15.7 Å². The highest BCUT2D eigenvalue weighted by Gasteiger charge is 2.42. The van der Waals surface area contributed by atoms with Gasteiger partial charge in [0.1, 0.15) is 0 Å². The molecule has 1 fully saturated rings. The van der Waals surface area contributed by atoms with Gasteiger partial charge in [-0.1, -0.05) is 56.3 Å². The summed E-state index contributed by atoms with van der Waals surface area (Å²) in [5, 5.41) is 0. The van der Waals surface area contributed by atoms with Crippen molar-refractivity contribution in [2.45, 2.75) is 32.2 Å². The van der Waals surface area contributed by atoms with E-state index in [1.807, 2.05) is 0 Å². The summed E-state index contributed by atoms with van der Waals surface area (Å²) in [6.45, 7) is 11.6. The highest BCUT2D eigenvalue weighted by molar-refractivity contribution is 5.67. The fraction of sp³-hybridized carbons (Fsp3) is 0.417. The number of fused-ring (bicyclic) bond motifs is 1. The number of benzene rings is 2. The maximum absolute atomic E-state index is 5.45. The summed E-state index contributed by atoms with van der Waals surface area (Å²) >= 11 is 0. The monoisotopic (exact) mass is 362 g/mol. The number of morpholine rings is 1. The molecule has 1 unspecified atom stereocenters. The number of hydrogen-bond donors (Lipinski definition) is 0. The van der Waals surface area contributed by atoms with E-state index in [1.165, 1.54) is 22.5 Å². The summed E-state index contributed by atoms with van der Waals surface area (Å²) in [5.41, 5.74) is 5.48. The van der Waals surface area contributed by atoms with Crippen LogP contribution in [0.4, 0.5) is 11.4 Å². The second-order valence-electron chi connectivity index (χ2n) is 8.02. The molecule has 0 N–H and O–H groups in total. The summed E-state index contributed by atoms with van der Waals surface area (Å²) in [6.07, 6.45) is 4.66. The van der Waals surface area contributed by atoms with Crippen LogP contribution in [-0.4, -0.2) is 38.9 Å². The Morgan fingerprint density at radius 1 is 1.04 bits per heavy atom. The number of ether oxygens (including phenoxy) is 1. The molecule has 142 valence electrons. The Labute approximate surface area is 163 Å². The van der Waals surface area contributed by atoms with E-state index in [9.17, 15) is 0 Å². The average molecular weight is 363 g/mol. The van der Waals surface area contributed by atoms with Crippen molar-refractivity contribution < 1.29 is 4.74 Å². The van der Waals surface area contributed by atoms with Crippen molar-refractivity contribution in [1.82, 2.24) is 0 Å². The van der Waals surface area contributed by atoms with Crippen LogP contribution in [0.2, 0.25) is 0 Å². The van der Waals surface area contributed by atoms with Crippen molar-refractivity contribution in [2.75, 3.05) is 42.6 Å². The smallest absolute Gasteiger partial charge is 0.0642 e. The minimum atomic E-state index is 0.108. The normalized spacial score (nSPS) is 21.7. The van der Waals surface area contributed by atoms with Crippen LogP contribution in [0.3, 0.4) is 0 Å². The van der Waals surface area contributed by atoms with E-state index in [4.69, 9.17) is 4.74 Å². The summed E-state index contributed by atoms with van der Waals surface area (Å²) in [4.78, 5) is 4.92. The lowest BCUT2D eigenvalue weighted by atomic mass is 9.80. The van der Waals surface area contributed by atoms with E-state index >= 15 is 0 Å². The third-order valence-electron chi connectivity index (χ3n) is 6.06. The zero-order chi connectivity index (χ0) is 18.9. The summed E-state index contributed by atoms with van der Waals surface area (Å²) in [7, 11) is 0. The quantitative estimate of drug-likeness (QED) is 0.782. The van der Waals surface area contributed by atoms with Gasteiger partial charge in [-0.15, -0.1) is 0 Å². The SMILES string of the molecule is CCN1c2ccccc2C(C)(C)C1/C=C/c1ccc(N2CCOCC2)cc1. The molecule has 2 aromatic carbocycles. The molecule has 4 rings (SSSR count). The van der Waals surface area contributed by atoms with Gasteiger partial charge in [0.2, 0.25) is 0 Å². The molecule has 1 saturated heterocycles. The first-order valence-corrected chi connectivity index (χ1v) is 10.1. The Morgan fingerprint density at radius 3 is 2.44 bits per heavy atom. The van der Waals surface area contributed by atoms with Crippen molar-refractivity contribution in [1.29, 1.82) is 0 Å². The van der Waals surface area contributed by atoms with E-state index in [-0.39, 0.29) is 5.41 Å². The molecule has 0 aromatic heterocycles. The van der Waals surface area contributed by atoms with Gasteiger partial charge in [0.25, 0.3) is 0 Å². The maximum Gasteiger partial charge on any atom is 0.0642 e. The molecule has 0 spiro atoms. The van der Waals surface area contributed by atoms with Crippen LogP contribution < -0.4 is 9.80 Å². The standard InChI is InChI=1S/C24H30N2O/c1-4-26-22-8-6-5-7-21(22)24(2,3)23(26)14-11-19-9-12-20(13-10-19)25-15-17-27-18-16-25/h5-14,23H,4,15-18H2,1-3H3/b14-11+. The van der Waals surface area contributed by atoms with Crippen LogP contribution in [0.5, 0.6) is 0 Å². The molecule has 2 aliphatic rings. The fourth-order valence-electron chi connectivity index (χ4n) is 4.50. The molecular weight excluding hydrogens is 332 g/mol. The van der Waals surface area contributed by atoms with E-state index in [0.717, 1.165) is 32.8 Å². The first kappa shape index (κ1) is 18.1. The zero-order valence-corrected chi connectivity index (χ0v) is 16.7. The van der Waals surface area contributed by atoms with Crippen LogP contribution >= 0.6 is 0 Å². The van der Waals surface area contributed by atoms with E-state index in [1.54, 1.807) is 0 Å². The highest BCUT2D eigenvalue weighted by atomic mass is 16.5. The lowest BCUT2D eigenvalue weighted by molar-refractivity contribution is 0.122. The van der Waals surface area contributed by atoms with E-state index in [0.29, 0.717) is 6.04 Å². The molecule has 2 aromatic rings.